The van der Waals surface area contributed by atoms with Gasteiger partial charge in [0.1, 0.15) is 5.82 Å². The Bertz CT molecular complexity index is 624. The molecule has 0 fully saturated rings. The van der Waals surface area contributed by atoms with Crippen LogP contribution in [0.5, 0.6) is 0 Å². The molecule has 1 aromatic carbocycles. The highest BCUT2D eigenvalue weighted by Crippen LogP contribution is 2.34. The van der Waals surface area contributed by atoms with Crippen LogP contribution in [-0.4, -0.2) is 9.97 Å². The molecule has 2 aromatic rings. The first-order chi connectivity index (χ1) is 9.25. The Morgan fingerprint density at radius 2 is 1.80 bits per heavy atom. The van der Waals surface area contributed by atoms with Crippen molar-refractivity contribution in [2.75, 3.05) is 5.32 Å². The monoisotopic (exact) mass is 321 g/mol. The lowest BCUT2D eigenvalue weighted by atomic mass is 10.2. The molecular weight excluding hydrogens is 314 g/mol. The molecule has 0 spiro atoms. The topological polar surface area (TPSA) is 37.8 Å². The maximum atomic E-state index is 12.5. The van der Waals surface area contributed by atoms with Crippen LogP contribution in [0, 0.1) is 6.92 Å². The van der Waals surface area contributed by atoms with Crippen LogP contribution in [0.1, 0.15) is 11.3 Å². The number of halogens is 5. The van der Waals surface area contributed by atoms with Crippen molar-refractivity contribution in [3.63, 3.8) is 0 Å². The molecule has 0 saturated carbocycles. The summed E-state index contributed by atoms with van der Waals surface area (Å²) in [5, 5.41) is 2.77. The zero-order chi connectivity index (χ0) is 14.9. The predicted octanol–water partition coefficient (Wildman–Crippen LogP) is 4.85. The normalized spacial score (nSPS) is 11.5. The van der Waals surface area contributed by atoms with Crippen molar-refractivity contribution in [1.82, 2.24) is 9.97 Å². The third-order valence-corrected chi connectivity index (χ3v) is 2.87. The highest BCUT2D eigenvalue weighted by molar-refractivity contribution is 6.33. The van der Waals surface area contributed by atoms with Crippen molar-refractivity contribution < 1.29 is 13.2 Å². The first-order valence-electron chi connectivity index (χ1n) is 5.40. The molecule has 0 aliphatic heterocycles. The average Bonchev–Trinajstić information content (AvgIpc) is 2.29. The lowest BCUT2D eigenvalue weighted by Gasteiger charge is -2.11. The lowest BCUT2D eigenvalue weighted by Crippen LogP contribution is -2.05. The van der Waals surface area contributed by atoms with Gasteiger partial charge in [0.2, 0.25) is 5.28 Å². The van der Waals surface area contributed by atoms with E-state index in [0.29, 0.717) is 17.2 Å². The number of aryl methyl sites for hydroxylation is 1. The van der Waals surface area contributed by atoms with E-state index in [1.54, 1.807) is 13.0 Å². The summed E-state index contributed by atoms with van der Waals surface area (Å²) in [4.78, 5) is 7.78. The number of aromatic nitrogens is 2. The minimum atomic E-state index is -4.43. The van der Waals surface area contributed by atoms with Gasteiger partial charge in [-0.3, -0.25) is 0 Å². The first kappa shape index (κ1) is 14.9. The number of benzene rings is 1. The number of hydrogen-bond acceptors (Lipinski definition) is 3. The fourth-order valence-corrected chi connectivity index (χ4v) is 1.98. The van der Waals surface area contributed by atoms with Gasteiger partial charge in [-0.2, -0.15) is 13.2 Å². The van der Waals surface area contributed by atoms with E-state index in [1.807, 2.05) is 0 Å². The highest BCUT2D eigenvalue weighted by atomic mass is 35.5. The quantitative estimate of drug-likeness (QED) is 0.803. The average molecular weight is 322 g/mol. The van der Waals surface area contributed by atoms with Gasteiger partial charge >= 0.3 is 6.18 Å². The molecule has 1 aromatic heterocycles. The van der Waals surface area contributed by atoms with Gasteiger partial charge in [-0.05, 0) is 36.7 Å². The largest absolute Gasteiger partial charge is 0.416 e. The number of alkyl halides is 3. The molecule has 0 amide bonds. The van der Waals surface area contributed by atoms with Crippen LogP contribution in [0.15, 0.2) is 24.3 Å². The molecule has 0 atom stereocenters. The fourth-order valence-electron chi connectivity index (χ4n) is 1.53. The van der Waals surface area contributed by atoms with Gasteiger partial charge in [0.15, 0.2) is 0 Å². The van der Waals surface area contributed by atoms with Crippen molar-refractivity contribution in [2.45, 2.75) is 13.1 Å². The van der Waals surface area contributed by atoms with Crippen molar-refractivity contribution in [2.24, 2.45) is 0 Å². The third-order valence-electron chi connectivity index (χ3n) is 2.39. The molecule has 0 aliphatic carbocycles. The van der Waals surface area contributed by atoms with E-state index in [9.17, 15) is 13.2 Å². The molecule has 106 valence electrons. The number of nitrogens with one attached hydrogen (secondary N) is 1. The van der Waals surface area contributed by atoms with Crippen LogP contribution in [0.2, 0.25) is 10.3 Å². The second kappa shape index (κ2) is 5.46. The number of hydrogen-bond donors (Lipinski definition) is 1. The molecule has 8 heteroatoms. The van der Waals surface area contributed by atoms with Gasteiger partial charge < -0.3 is 5.32 Å². The highest BCUT2D eigenvalue weighted by Gasteiger charge is 2.30. The summed E-state index contributed by atoms with van der Waals surface area (Å²) in [7, 11) is 0. The number of nitrogens with zero attached hydrogens (tertiary/aromatic N) is 2. The minimum absolute atomic E-state index is 0.0375. The van der Waals surface area contributed by atoms with E-state index in [4.69, 9.17) is 23.2 Å². The van der Waals surface area contributed by atoms with Gasteiger partial charge in [0.05, 0.1) is 16.3 Å². The van der Waals surface area contributed by atoms with E-state index in [2.05, 4.69) is 15.3 Å². The summed E-state index contributed by atoms with van der Waals surface area (Å²) in [5.74, 6) is 0.351. The van der Waals surface area contributed by atoms with E-state index in [1.165, 1.54) is 6.07 Å². The Balaban J connectivity index is 2.30. The Hall–Kier alpha value is -1.53. The Morgan fingerprint density at radius 3 is 2.35 bits per heavy atom. The SMILES string of the molecule is Cc1cc(Nc2ccc(C(F)(F)F)cc2Cl)nc(Cl)n1. The maximum absolute atomic E-state index is 12.5. The zero-order valence-corrected chi connectivity index (χ0v) is 11.6. The third kappa shape index (κ3) is 3.52. The van der Waals surface area contributed by atoms with Gasteiger partial charge in [-0.1, -0.05) is 11.6 Å². The molecule has 0 aliphatic rings. The summed E-state index contributed by atoms with van der Waals surface area (Å²) >= 11 is 11.5. The molecule has 0 bridgehead atoms. The standard InChI is InChI=1S/C12H8Cl2F3N3/c1-6-4-10(20-11(14)18-6)19-9-3-2-7(5-8(9)13)12(15,16)17/h2-5H,1H3,(H,18,19,20). The van der Waals surface area contributed by atoms with E-state index < -0.39 is 11.7 Å². The first-order valence-corrected chi connectivity index (χ1v) is 6.16. The number of anilines is 2. The maximum Gasteiger partial charge on any atom is 0.416 e. The second-order valence-electron chi connectivity index (χ2n) is 3.98. The summed E-state index contributed by atoms with van der Waals surface area (Å²) < 4.78 is 37.5. The van der Waals surface area contributed by atoms with Crippen LogP contribution < -0.4 is 5.32 Å². The molecule has 3 nitrogen and oxygen atoms in total. The molecule has 20 heavy (non-hydrogen) atoms. The summed E-state index contributed by atoms with van der Waals surface area (Å²) in [6.07, 6.45) is -4.43. The summed E-state index contributed by atoms with van der Waals surface area (Å²) in [5.41, 5.74) is 0.106. The molecule has 2 rings (SSSR count). The fraction of sp³-hybridized carbons (Fsp3) is 0.167. The van der Waals surface area contributed by atoms with E-state index in [0.717, 1.165) is 12.1 Å². The Labute approximate surface area is 122 Å². The summed E-state index contributed by atoms with van der Waals surface area (Å²) in [6, 6.07) is 4.61. The number of rotatable bonds is 2. The van der Waals surface area contributed by atoms with Crippen LogP contribution in [0.3, 0.4) is 0 Å². The molecule has 0 radical (unpaired) electrons. The lowest BCUT2D eigenvalue weighted by molar-refractivity contribution is -0.137. The van der Waals surface area contributed by atoms with Crippen molar-refractivity contribution >= 4 is 34.7 Å². The van der Waals surface area contributed by atoms with Gasteiger partial charge in [0, 0.05) is 11.8 Å². The Kier molecular flexibility index (Phi) is 4.06. The van der Waals surface area contributed by atoms with E-state index in [-0.39, 0.29) is 10.3 Å². The van der Waals surface area contributed by atoms with Crippen LogP contribution in [0.4, 0.5) is 24.7 Å². The molecule has 0 unspecified atom stereocenters. The molecule has 1 heterocycles. The smallest absolute Gasteiger partial charge is 0.339 e. The van der Waals surface area contributed by atoms with Crippen LogP contribution in [-0.2, 0) is 6.18 Å². The Morgan fingerprint density at radius 1 is 1.10 bits per heavy atom. The van der Waals surface area contributed by atoms with Crippen LogP contribution >= 0.6 is 23.2 Å². The van der Waals surface area contributed by atoms with E-state index >= 15 is 0 Å². The van der Waals surface area contributed by atoms with Crippen molar-refractivity contribution in [3.8, 4) is 0 Å². The second-order valence-corrected chi connectivity index (χ2v) is 4.73. The molecule has 0 saturated heterocycles. The zero-order valence-electron chi connectivity index (χ0n) is 10.1. The van der Waals surface area contributed by atoms with Crippen molar-refractivity contribution in [3.05, 3.63) is 45.8 Å². The van der Waals surface area contributed by atoms with Crippen molar-refractivity contribution in [1.29, 1.82) is 0 Å². The van der Waals surface area contributed by atoms with Crippen LogP contribution in [0.25, 0.3) is 0 Å². The summed E-state index contributed by atoms with van der Waals surface area (Å²) in [6.45, 7) is 1.72. The molecule has 1 N–H and O–H groups in total. The predicted molar refractivity (Wildman–Crippen MR) is 71.5 cm³/mol. The van der Waals surface area contributed by atoms with Gasteiger partial charge in [0.25, 0.3) is 0 Å². The minimum Gasteiger partial charge on any atom is -0.339 e. The van der Waals surface area contributed by atoms with Gasteiger partial charge in [-0.25, -0.2) is 9.97 Å². The molecular formula is C12H8Cl2F3N3. The van der Waals surface area contributed by atoms with Gasteiger partial charge in [-0.15, -0.1) is 0 Å².